The van der Waals surface area contributed by atoms with Crippen molar-refractivity contribution in [2.45, 2.75) is 19.1 Å². The number of imide groups is 1. The summed E-state index contributed by atoms with van der Waals surface area (Å²) in [6, 6.07) is 4.66. The molecule has 0 fully saturated rings. The van der Waals surface area contributed by atoms with Crippen molar-refractivity contribution in [3.8, 4) is 0 Å². The van der Waals surface area contributed by atoms with Crippen molar-refractivity contribution in [3.63, 3.8) is 0 Å². The first-order chi connectivity index (χ1) is 15.0. The number of amides is 2. The molecular weight excluding hydrogens is 440 g/mol. The number of aromatic nitrogens is 3. The van der Waals surface area contributed by atoms with Gasteiger partial charge < -0.3 is 15.4 Å². The summed E-state index contributed by atoms with van der Waals surface area (Å²) in [7, 11) is -0.107. The number of nitrogens with two attached hydrogens (primary N) is 1. The highest BCUT2D eigenvalue weighted by atomic mass is 32.2. The van der Waals surface area contributed by atoms with Crippen molar-refractivity contribution in [1.82, 2.24) is 19.9 Å². The number of ether oxygens (including phenoxy) is 1. The van der Waals surface area contributed by atoms with Gasteiger partial charge in [-0.3, -0.25) is 14.5 Å². The number of rotatable bonds is 8. The molecule has 12 nitrogen and oxygen atoms in total. The van der Waals surface area contributed by atoms with E-state index in [-0.39, 0.29) is 35.3 Å². The van der Waals surface area contributed by atoms with Gasteiger partial charge in [0.1, 0.15) is 15.9 Å². The third kappa shape index (κ3) is 4.99. The van der Waals surface area contributed by atoms with Gasteiger partial charge in [-0.15, -0.1) is 0 Å². The van der Waals surface area contributed by atoms with Gasteiger partial charge in [0.2, 0.25) is 11.9 Å². The topological polar surface area (TPSA) is 166 Å². The Bertz CT molecular complexity index is 1150. The van der Waals surface area contributed by atoms with Gasteiger partial charge in [-0.25, -0.2) is 13.2 Å². The van der Waals surface area contributed by atoms with Gasteiger partial charge >= 0.3 is 5.97 Å². The lowest BCUT2D eigenvalue weighted by Gasteiger charge is -2.24. The normalized spacial score (nSPS) is 14.3. The van der Waals surface area contributed by atoms with Crippen LogP contribution >= 0.6 is 0 Å². The van der Waals surface area contributed by atoms with E-state index in [1.54, 1.807) is 31.1 Å². The number of carbonyl (C=O) groups excluding carboxylic acids is 3. The Hall–Kier alpha value is -3.61. The molecule has 13 heteroatoms. The largest absolute Gasteiger partial charge is 0.456 e. The zero-order valence-electron chi connectivity index (χ0n) is 17.7. The first kappa shape index (κ1) is 23.1. The number of sulfone groups is 1. The van der Waals surface area contributed by atoms with Crippen molar-refractivity contribution in [1.29, 1.82) is 0 Å². The Labute approximate surface area is 184 Å². The van der Waals surface area contributed by atoms with E-state index in [9.17, 15) is 22.8 Å². The molecule has 170 valence electrons. The Morgan fingerprint density at radius 3 is 2.25 bits per heavy atom. The van der Waals surface area contributed by atoms with E-state index in [0.717, 1.165) is 11.2 Å². The highest BCUT2D eigenvalue weighted by Gasteiger charge is 2.43. The molecule has 0 aliphatic carbocycles. The molecular formula is C19H22N6O6S. The molecule has 0 radical (unpaired) electrons. The Morgan fingerprint density at radius 1 is 1.12 bits per heavy atom. The van der Waals surface area contributed by atoms with Gasteiger partial charge in [0.05, 0.1) is 16.9 Å². The van der Waals surface area contributed by atoms with E-state index in [1.165, 1.54) is 12.1 Å². The minimum Gasteiger partial charge on any atom is -0.456 e. The molecule has 1 aliphatic heterocycles. The average molecular weight is 462 g/mol. The van der Waals surface area contributed by atoms with E-state index in [4.69, 9.17) is 10.5 Å². The minimum absolute atomic E-state index is 0.0544. The zero-order valence-corrected chi connectivity index (χ0v) is 18.5. The summed E-state index contributed by atoms with van der Waals surface area (Å²) in [5.74, 6) is -2.56. The standard InChI is InChI=1S/C19H22N6O6S/c1-24(2)19-22-14(21-18(20)23-19)10-31-17(28)13(8-9-32(3,29)30)25-15(26)11-6-4-5-7-12(11)16(25)27/h4-7,13H,8-10H2,1-3H3,(H2,20,21,22,23). The number of benzene rings is 1. The first-order valence-electron chi connectivity index (χ1n) is 9.47. The van der Waals surface area contributed by atoms with Crippen LogP contribution in [0.5, 0.6) is 0 Å². The van der Waals surface area contributed by atoms with Crippen molar-refractivity contribution in [2.24, 2.45) is 0 Å². The summed E-state index contributed by atoms with van der Waals surface area (Å²) in [6.07, 6.45) is 0.680. The Balaban J connectivity index is 1.84. The van der Waals surface area contributed by atoms with Gasteiger partial charge in [0.25, 0.3) is 11.8 Å². The maximum atomic E-state index is 12.9. The number of hydrogen-bond acceptors (Lipinski definition) is 11. The van der Waals surface area contributed by atoms with Crippen LogP contribution in [0.25, 0.3) is 0 Å². The van der Waals surface area contributed by atoms with Gasteiger partial charge in [0.15, 0.2) is 12.4 Å². The highest BCUT2D eigenvalue weighted by molar-refractivity contribution is 7.90. The second-order valence-corrected chi connectivity index (χ2v) is 9.63. The van der Waals surface area contributed by atoms with E-state index in [1.807, 2.05) is 0 Å². The number of hydrogen-bond donors (Lipinski definition) is 1. The molecule has 3 rings (SSSR count). The molecule has 0 bridgehead atoms. The van der Waals surface area contributed by atoms with Crippen molar-refractivity contribution in [3.05, 3.63) is 41.2 Å². The van der Waals surface area contributed by atoms with Crippen LogP contribution in [0, 0.1) is 0 Å². The fraction of sp³-hybridized carbons (Fsp3) is 0.368. The van der Waals surface area contributed by atoms with Crippen LogP contribution in [0.4, 0.5) is 11.9 Å². The Morgan fingerprint density at radius 2 is 1.72 bits per heavy atom. The SMILES string of the molecule is CN(C)c1nc(N)nc(COC(=O)C(CCS(C)(=O)=O)N2C(=O)c3ccccc3C2=O)n1. The van der Waals surface area contributed by atoms with E-state index >= 15 is 0 Å². The van der Waals surface area contributed by atoms with Crippen LogP contribution in [-0.2, 0) is 26.0 Å². The number of carbonyl (C=O) groups is 3. The highest BCUT2D eigenvalue weighted by Crippen LogP contribution is 2.26. The number of nitrogens with zero attached hydrogens (tertiary/aromatic N) is 5. The number of anilines is 2. The van der Waals surface area contributed by atoms with E-state index < -0.39 is 46.0 Å². The van der Waals surface area contributed by atoms with Gasteiger partial charge in [-0.2, -0.15) is 15.0 Å². The summed E-state index contributed by atoms with van der Waals surface area (Å²) >= 11 is 0. The molecule has 2 amide bonds. The Kier molecular flexibility index (Phi) is 6.39. The molecule has 2 aromatic rings. The summed E-state index contributed by atoms with van der Waals surface area (Å²) in [5.41, 5.74) is 5.92. The van der Waals surface area contributed by atoms with Crippen LogP contribution in [0.1, 0.15) is 33.0 Å². The van der Waals surface area contributed by atoms with Crippen LogP contribution in [0.15, 0.2) is 24.3 Å². The number of esters is 1. The summed E-state index contributed by atoms with van der Waals surface area (Å²) in [4.78, 5) is 52.8. The maximum absolute atomic E-state index is 12.9. The lowest BCUT2D eigenvalue weighted by atomic mass is 10.1. The number of fused-ring (bicyclic) bond motifs is 1. The minimum atomic E-state index is -3.48. The average Bonchev–Trinajstić information content (AvgIpc) is 2.96. The molecule has 32 heavy (non-hydrogen) atoms. The van der Waals surface area contributed by atoms with Crippen molar-refractivity contribution >= 4 is 39.5 Å². The second kappa shape index (κ2) is 8.86. The maximum Gasteiger partial charge on any atom is 0.329 e. The molecule has 2 N–H and O–H groups in total. The fourth-order valence-electron chi connectivity index (χ4n) is 3.09. The predicted octanol–water partition coefficient (Wildman–Crippen LogP) is -0.337. The quantitative estimate of drug-likeness (QED) is 0.403. The molecule has 0 saturated carbocycles. The fourth-order valence-corrected chi connectivity index (χ4v) is 3.74. The van der Waals surface area contributed by atoms with E-state index in [0.29, 0.717) is 0 Å². The van der Waals surface area contributed by atoms with Crippen molar-refractivity contribution < 1.29 is 27.5 Å². The molecule has 0 spiro atoms. The van der Waals surface area contributed by atoms with Crippen molar-refractivity contribution in [2.75, 3.05) is 36.7 Å². The summed E-state index contributed by atoms with van der Waals surface area (Å²) in [6.45, 7) is -0.412. The zero-order chi connectivity index (χ0) is 23.6. The van der Waals surface area contributed by atoms with Crippen LogP contribution in [-0.4, -0.2) is 78.2 Å². The summed E-state index contributed by atoms with van der Waals surface area (Å²) < 4.78 is 28.6. The lowest BCUT2D eigenvalue weighted by molar-refractivity contribution is -0.150. The third-order valence-corrected chi connectivity index (χ3v) is 5.58. The second-order valence-electron chi connectivity index (χ2n) is 7.37. The first-order valence-corrected chi connectivity index (χ1v) is 11.5. The van der Waals surface area contributed by atoms with Gasteiger partial charge in [-0.1, -0.05) is 12.1 Å². The lowest BCUT2D eigenvalue weighted by Crippen LogP contribution is -2.46. The predicted molar refractivity (Wildman–Crippen MR) is 113 cm³/mol. The molecule has 0 saturated heterocycles. The molecule has 1 aromatic carbocycles. The van der Waals surface area contributed by atoms with Gasteiger partial charge in [0, 0.05) is 20.4 Å². The van der Waals surface area contributed by atoms with Crippen LogP contribution in [0.3, 0.4) is 0 Å². The molecule has 2 heterocycles. The molecule has 1 aliphatic rings. The number of nitrogen functional groups attached to an aromatic ring is 1. The van der Waals surface area contributed by atoms with Gasteiger partial charge in [-0.05, 0) is 18.6 Å². The van der Waals surface area contributed by atoms with E-state index in [2.05, 4.69) is 15.0 Å². The molecule has 1 unspecified atom stereocenters. The monoisotopic (exact) mass is 462 g/mol. The third-order valence-electron chi connectivity index (χ3n) is 4.60. The van der Waals surface area contributed by atoms with Crippen LogP contribution in [0.2, 0.25) is 0 Å². The summed E-state index contributed by atoms with van der Waals surface area (Å²) in [5, 5.41) is 0. The molecule has 1 aromatic heterocycles. The molecule has 1 atom stereocenters. The van der Waals surface area contributed by atoms with Crippen LogP contribution < -0.4 is 10.6 Å². The smallest absolute Gasteiger partial charge is 0.329 e.